The van der Waals surface area contributed by atoms with E-state index in [1.807, 2.05) is 89.2 Å². The van der Waals surface area contributed by atoms with E-state index in [0.29, 0.717) is 12.1 Å². The van der Waals surface area contributed by atoms with Gasteiger partial charge in [0.1, 0.15) is 5.65 Å². The summed E-state index contributed by atoms with van der Waals surface area (Å²) in [5.41, 5.74) is 4.55. The molecule has 4 rings (SSSR count). The zero-order valence-corrected chi connectivity index (χ0v) is 13.9. The maximum atomic E-state index is 12.3. The third-order valence-corrected chi connectivity index (χ3v) is 4.11. The first-order valence-electron chi connectivity index (χ1n) is 8.15. The summed E-state index contributed by atoms with van der Waals surface area (Å²) in [5.74, 6) is -0.104. The van der Waals surface area contributed by atoms with Gasteiger partial charge in [0.25, 0.3) is 5.91 Å². The molecule has 3 heterocycles. The predicted octanol–water partition coefficient (Wildman–Crippen LogP) is 3.36. The third kappa shape index (κ3) is 3.17. The zero-order chi connectivity index (χ0) is 17.2. The Morgan fingerprint density at radius 3 is 2.56 bits per heavy atom. The molecule has 0 saturated heterocycles. The van der Waals surface area contributed by atoms with Gasteiger partial charge in [0.05, 0.1) is 12.2 Å². The number of carbonyl (C=O) groups excluding carboxylic acids is 1. The van der Waals surface area contributed by atoms with Crippen LogP contribution in [0.25, 0.3) is 11.3 Å². The minimum Gasteiger partial charge on any atom is -0.346 e. The van der Waals surface area contributed by atoms with E-state index in [-0.39, 0.29) is 5.91 Å². The number of hydrogen-bond acceptors (Lipinski definition) is 2. The molecule has 0 aliphatic heterocycles. The van der Waals surface area contributed by atoms with Gasteiger partial charge in [-0.15, -0.1) is 0 Å². The van der Waals surface area contributed by atoms with E-state index in [2.05, 4.69) is 10.3 Å². The molecule has 1 amide bonds. The lowest BCUT2D eigenvalue weighted by Gasteiger charge is -2.06. The van der Waals surface area contributed by atoms with Crippen molar-refractivity contribution >= 4 is 11.6 Å². The number of hydrogen-bond donors (Lipinski definition) is 1. The number of benzene rings is 1. The summed E-state index contributed by atoms with van der Waals surface area (Å²) in [7, 11) is 0. The molecule has 0 bridgehead atoms. The number of imidazole rings is 1. The largest absolute Gasteiger partial charge is 0.346 e. The monoisotopic (exact) mass is 330 g/mol. The summed E-state index contributed by atoms with van der Waals surface area (Å²) in [6.07, 6.45) is 7.91. The number of pyridine rings is 1. The molecule has 0 aliphatic carbocycles. The minimum absolute atomic E-state index is 0.104. The van der Waals surface area contributed by atoms with Crippen LogP contribution < -0.4 is 5.32 Å². The van der Waals surface area contributed by atoms with Gasteiger partial charge in [0.15, 0.2) is 0 Å². The van der Waals surface area contributed by atoms with E-state index in [4.69, 9.17) is 0 Å². The molecule has 1 N–H and O–H groups in total. The maximum absolute atomic E-state index is 12.3. The van der Waals surface area contributed by atoms with Crippen LogP contribution in [0.3, 0.4) is 0 Å². The van der Waals surface area contributed by atoms with Crippen molar-refractivity contribution in [3.63, 3.8) is 0 Å². The van der Waals surface area contributed by atoms with Gasteiger partial charge in [0, 0.05) is 36.0 Å². The van der Waals surface area contributed by atoms with Crippen LogP contribution in [0.1, 0.15) is 21.6 Å². The molecule has 0 radical (unpaired) electrons. The van der Waals surface area contributed by atoms with Gasteiger partial charge in [-0.2, -0.15) is 0 Å². The van der Waals surface area contributed by atoms with Gasteiger partial charge >= 0.3 is 0 Å². The van der Waals surface area contributed by atoms with Gasteiger partial charge < -0.3 is 14.3 Å². The van der Waals surface area contributed by atoms with Crippen molar-refractivity contribution in [2.24, 2.45) is 0 Å². The van der Waals surface area contributed by atoms with E-state index < -0.39 is 0 Å². The van der Waals surface area contributed by atoms with E-state index in [1.54, 1.807) is 0 Å². The highest BCUT2D eigenvalue weighted by molar-refractivity contribution is 5.94. The standard InChI is InChI=1S/C20H18N4O/c1-15-4-9-19-22-17(14-24(19)13-15)12-21-20(25)16-5-7-18(8-6-16)23-10-2-3-11-23/h2-11,13-14H,12H2,1H3,(H,21,25). The number of nitrogens with zero attached hydrogens (tertiary/aromatic N) is 3. The first-order chi connectivity index (χ1) is 12.2. The fourth-order valence-electron chi connectivity index (χ4n) is 2.81. The van der Waals surface area contributed by atoms with E-state index in [9.17, 15) is 4.79 Å². The van der Waals surface area contributed by atoms with Crippen LogP contribution in [0.5, 0.6) is 0 Å². The Hall–Kier alpha value is -3.34. The van der Waals surface area contributed by atoms with Crippen LogP contribution in [-0.2, 0) is 6.54 Å². The summed E-state index contributed by atoms with van der Waals surface area (Å²) < 4.78 is 3.98. The Labute approximate surface area is 145 Å². The van der Waals surface area contributed by atoms with Crippen molar-refractivity contribution in [3.8, 4) is 5.69 Å². The SMILES string of the molecule is Cc1ccc2nc(CNC(=O)c3ccc(-n4cccc4)cc3)cn2c1. The number of fused-ring (bicyclic) bond motifs is 1. The van der Waals surface area contributed by atoms with E-state index in [0.717, 1.165) is 17.0 Å². The topological polar surface area (TPSA) is 51.3 Å². The minimum atomic E-state index is -0.104. The van der Waals surface area contributed by atoms with Crippen molar-refractivity contribution in [1.82, 2.24) is 19.3 Å². The summed E-state index contributed by atoms with van der Waals surface area (Å²) in [4.78, 5) is 16.8. The Kier molecular flexibility index (Phi) is 3.82. The second kappa shape index (κ2) is 6.28. The quantitative estimate of drug-likeness (QED) is 0.624. The molecule has 25 heavy (non-hydrogen) atoms. The predicted molar refractivity (Wildman–Crippen MR) is 96.9 cm³/mol. The van der Waals surface area contributed by atoms with Crippen LogP contribution in [0.2, 0.25) is 0 Å². The molecule has 0 atom stereocenters. The smallest absolute Gasteiger partial charge is 0.251 e. The molecule has 0 spiro atoms. The normalized spacial score (nSPS) is 10.9. The molecular weight excluding hydrogens is 312 g/mol. The summed E-state index contributed by atoms with van der Waals surface area (Å²) >= 11 is 0. The number of amides is 1. The number of nitrogens with one attached hydrogen (secondary N) is 1. The highest BCUT2D eigenvalue weighted by Crippen LogP contribution is 2.11. The molecular formula is C20H18N4O. The maximum Gasteiger partial charge on any atom is 0.251 e. The number of aryl methyl sites for hydroxylation is 1. The number of aromatic nitrogens is 3. The van der Waals surface area contributed by atoms with E-state index in [1.165, 1.54) is 5.56 Å². The molecule has 0 saturated carbocycles. The average Bonchev–Trinajstić information content (AvgIpc) is 3.29. The van der Waals surface area contributed by atoms with Crippen molar-refractivity contribution in [3.05, 3.63) is 90.1 Å². The van der Waals surface area contributed by atoms with Gasteiger partial charge in [-0.3, -0.25) is 4.79 Å². The van der Waals surface area contributed by atoms with Crippen LogP contribution >= 0.6 is 0 Å². The second-order valence-corrected chi connectivity index (χ2v) is 6.02. The lowest BCUT2D eigenvalue weighted by atomic mass is 10.2. The Balaban J connectivity index is 1.44. The lowest BCUT2D eigenvalue weighted by Crippen LogP contribution is -2.22. The molecule has 3 aromatic heterocycles. The van der Waals surface area contributed by atoms with Gasteiger partial charge in [-0.05, 0) is 55.0 Å². The van der Waals surface area contributed by atoms with Crippen molar-refractivity contribution in [2.75, 3.05) is 0 Å². The third-order valence-electron chi connectivity index (χ3n) is 4.11. The van der Waals surface area contributed by atoms with Crippen LogP contribution in [-0.4, -0.2) is 19.9 Å². The van der Waals surface area contributed by atoms with Crippen LogP contribution in [0.4, 0.5) is 0 Å². The fraction of sp³-hybridized carbons (Fsp3) is 0.100. The Morgan fingerprint density at radius 2 is 1.80 bits per heavy atom. The van der Waals surface area contributed by atoms with Gasteiger partial charge in [-0.25, -0.2) is 4.98 Å². The molecule has 124 valence electrons. The van der Waals surface area contributed by atoms with Crippen LogP contribution in [0.15, 0.2) is 73.3 Å². The molecule has 1 aromatic carbocycles. The second-order valence-electron chi connectivity index (χ2n) is 6.02. The molecule has 0 aliphatic rings. The molecule has 0 fully saturated rings. The first-order valence-corrected chi connectivity index (χ1v) is 8.15. The average molecular weight is 330 g/mol. The first kappa shape index (κ1) is 15.2. The van der Waals surface area contributed by atoms with Crippen molar-refractivity contribution < 1.29 is 4.79 Å². The fourth-order valence-corrected chi connectivity index (χ4v) is 2.81. The highest BCUT2D eigenvalue weighted by atomic mass is 16.1. The van der Waals surface area contributed by atoms with E-state index >= 15 is 0 Å². The zero-order valence-electron chi connectivity index (χ0n) is 13.9. The van der Waals surface area contributed by atoms with Crippen LogP contribution in [0, 0.1) is 6.92 Å². The highest BCUT2D eigenvalue weighted by Gasteiger charge is 2.07. The number of carbonyl (C=O) groups is 1. The summed E-state index contributed by atoms with van der Waals surface area (Å²) in [6.45, 7) is 2.44. The molecule has 0 unspecified atom stereocenters. The van der Waals surface area contributed by atoms with Crippen molar-refractivity contribution in [1.29, 1.82) is 0 Å². The summed E-state index contributed by atoms with van der Waals surface area (Å²) in [5, 5.41) is 2.92. The molecule has 5 nitrogen and oxygen atoms in total. The van der Waals surface area contributed by atoms with Gasteiger partial charge in [0.2, 0.25) is 0 Å². The summed E-state index contributed by atoms with van der Waals surface area (Å²) in [6, 6.07) is 15.5. The Bertz CT molecular complexity index is 1010. The van der Waals surface area contributed by atoms with Crippen molar-refractivity contribution in [2.45, 2.75) is 13.5 Å². The van der Waals surface area contributed by atoms with Gasteiger partial charge in [-0.1, -0.05) is 6.07 Å². The number of rotatable bonds is 4. The lowest BCUT2D eigenvalue weighted by molar-refractivity contribution is 0.0950. The molecule has 5 heteroatoms. The Morgan fingerprint density at radius 1 is 1.04 bits per heavy atom. The molecule has 4 aromatic rings.